The molecule has 6 heteroatoms. The Morgan fingerprint density at radius 2 is 1.85 bits per heavy atom. The summed E-state index contributed by atoms with van der Waals surface area (Å²) in [7, 11) is 0. The molecule has 140 valence electrons. The summed E-state index contributed by atoms with van der Waals surface area (Å²) >= 11 is 0. The van der Waals surface area contributed by atoms with Crippen LogP contribution in [0.15, 0.2) is 30.3 Å². The highest BCUT2D eigenvalue weighted by Gasteiger charge is 2.50. The maximum atomic E-state index is 12.7. The summed E-state index contributed by atoms with van der Waals surface area (Å²) in [5, 5.41) is 0. The van der Waals surface area contributed by atoms with Crippen LogP contribution in [0.1, 0.15) is 44.6 Å². The lowest BCUT2D eigenvalue weighted by atomic mass is 9.72. The van der Waals surface area contributed by atoms with E-state index in [9.17, 15) is 14.4 Å². The molecule has 1 unspecified atom stereocenters. The van der Waals surface area contributed by atoms with Gasteiger partial charge in [-0.2, -0.15) is 0 Å². The Balaban J connectivity index is 1.70. The lowest BCUT2D eigenvalue weighted by molar-refractivity contribution is -0.148. The molecule has 26 heavy (non-hydrogen) atoms. The number of hydrogen-bond acceptors (Lipinski definition) is 5. The Bertz CT molecular complexity index is 662. The molecule has 2 fully saturated rings. The van der Waals surface area contributed by atoms with Gasteiger partial charge < -0.3 is 9.47 Å². The summed E-state index contributed by atoms with van der Waals surface area (Å²) in [6.45, 7) is 2.63. The second kappa shape index (κ2) is 7.89. The third-order valence-corrected chi connectivity index (χ3v) is 5.37. The minimum atomic E-state index is -0.633. The smallest absolute Gasteiger partial charge is 0.410 e. The molecule has 0 N–H and O–H groups in total. The van der Waals surface area contributed by atoms with Gasteiger partial charge in [-0.25, -0.2) is 9.59 Å². The van der Waals surface area contributed by atoms with Crippen molar-refractivity contribution in [1.29, 1.82) is 0 Å². The van der Waals surface area contributed by atoms with E-state index in [2.05, 4.69) is 0 Å². The van der Waals surface area contributed by atoms with Crippen molar-refractivity contribution < 1.29 is 23.9 Å². The molecule has 2 aliphatic rings. The summed E-state index contributed by atoms with van der Waals surface area (Å²) in [6.07, 6.45) is 2.50. The molecule has 1 spiro atoms. The molecule has 1 aromatic carbocycles. The molecule has 6 nitrogen and oxygen atoms in total. The highest BCUT2D eigenvalue weighted by molar-refractivity contribution is 5.83. The summed E-state index contributed by atoms with van der Waals surface area (Å²) in [6, 6.07) is 8.80. The van der Waals surface area contributed by atoms with E-state index in [0.29, 0.717) is 38.6 Å². The van der Waals surface area contributed by atoms with Gasteiger partial charge in [0.1, 0.15) is 18.4 Å². The quantitative estimate of drug-likeness (QED) is 0.773. The van der Waals surface area contributed by atoms with E-state index in [1.807, 2.05) is 30.3 Å². The third-order valence-electron chi connectivity index (χ3n) is 5.37. The standard InChI is InChI=1S/C20H25NO5/c1-2-25-18(23)17-12-20(10-8-16(22)9-11-20)14-21(17)19(24)26-13-15-6-4-3-5-7-15/h3-7,17H,2,8-14H2,1H3. The fraction of sp³-hybridized carbons (Fsp3) is 0.550. The molecule has 1 saturated heterocycles. The molecule has 1 heterocycles. The van der Waals surface area contributed by atoms with Crippen LogP contribution in [0.4, 0.5) is 4.79 Å². The predicted molar refractivity (Wildman–Crippen MR) is 94.3 cm³/mol. The van der Waals surface area contributed by atoms with Gasteiger partial charge in [0.2, 0.25) is 0 Å². The van der Waals surface area contributed by atoms with Gasteiger partial charge in [-0.3, -0.25) is 9.69 Å². The van der Waals surface area contributed by atoms with Crippen LogP contribution in [-0.2, 0) is 25.7 Å². The van der Waals surface area contributed by atoms with Crippen molar-refractivity contribution in [2.75, 3.05) is 13.2 Å². The van der Waals surface area contributed by atoms with Crippen molar-refractivity contribution in [3.63, 3.8) is 0 Å². The highest BCUT2D eigenvalue weighted by atomic mass is 16.6. The zero-order valence-corrected chi connectivity index (χ0v) is 15.1. The van der Waals surface area contributed by atoms with Crippen LogP contribution in [0.3, 0.4) is 0 Å². The van der Waals surface area contributed by atoms with Gasteiger partial charge in [-0.05, 0) is 37.2 Å². The van der Waals surface area contributed by atoms with Gasteiger partial charge >= 0.3 is 12.1 Å². The molecular weight excluding hydrogens is 334 g/mol. The lowest BCUT2D eigenvalue weighted by Gasteiger charge is -2.32. The molecule has 0 radical (unpaired) electrons. The number of hydrogen-bond donors (Lipinski definition) is 0. The number of benzene rings is 1. The zero-order chi connectivity index (χ0) is 18.6. The largest absolute Gasteiger partial charge is 0.464 e. The second-order valence-electron chi connectivity index (χ2n) is 7.18. The van der Waals surface area contributed by atoms with E-state index in [-0.39, 0.29) is 24.4 Å². The fourth-order valence-electron chi connectivity index (χ4n) is 3.92. The molecule has 1 amide bonds. The lowest BCUT2D eigenvalue weighted by Crippen LogP contribution is -2.42. The maximum Gasteiger partial charge on any atom is 0.410 e. The monoisotopic (exact) mass is 359 g/mol. The summed E-state index contributed by atoms with van der Waals surface area (Å²) < 4.78 is 10.6. The van der Waals surface area contributed by atoms with Crippen LogP contribution in [-0.4, -0.2) is 41.9 Å². The second-order valence-corrected chi connectivity index (χ2v) is 7.18. The Morgan fingerprint density at radius 1 is 1.15 bits per heavy atom. The molecule has 1 aromatic rings. The van der Waals surface area contributed by atoms with Crippen molar-refractivity contribution in [3.8, 4) is 0 Å². The van der Waals surface area contributed by atoms with Gasteiger partial charge in [0.15, 0.2) is 0 Å². The van der Waals surface area contributed by atoms with Crippen molar-refractivity contribution in [3.05, 3.63) is 35.9 Å². The number of ether oxygens (including phenoxy) is 2. The predicted octanol–water partition coefficient (Wildman–Crippen LogP) is 3.09. The van der Waals surface area contributed by atoms with Gasteiger partial charge in [0.05, 0.1) is 6.61 Å². The molecule has 3 rings (SSSR count). The number of carbonyl (C=O) groups excluding carboxylic acids is 3. The Labute approximate surface area is 153 Å². The zero-order valence-electron chi connectivity index (χ0n) is 15.1. The molecule has 1 saturated carbocycles. The first-order valence-corrected chi connectivity index (χ1v) is 9.19. The van der Waals surface area contributed by atoms with Crippen molar-refractivity contribution in [2.45, 2.75) is 51.7 Å². The van der Waals surface area contributed by atoms with Gasteiger partial charge in [0, 0.05) is 19.4 Å². The fourth-order valence-corrected chi connectivity index (χ4v) is 3.92. The molecule has 1 aliphatic carbocycles. The Kier molecular flexibility index (Phi) is 5.59. The van der Waals surface area contributed by atoms with Gasteiger partial charge in [-0.1, -0.05) is 30.3 Å². The number of Topliss-reactive ketones (excluding diaryl/α,β-unsaturated/α-hetero) is 1. The number of likely N-dealkylation sites (tertiary alicyclic amines) is 1. The number of ketones is 1. The SMILES string of the molecule is CCOC(=O)C1CC2(CCC(=O)CC2)CN1C(=O)OCc1ccccc1. The number of nitrogens with zero attached hydrogens (tertiary/aromatic N) is 1. The average molecular weight is 359 g/mol. The minimum absolute atomic E-state index is 0.164. The van der Waals surface area contributed by atoms with E-state index in [0.717, 1.165) is 5.56 Å². The first kappa shape index (κ1) is 18.4. The Morgan fingerprint density at radius 3 is 2.50 bits per heavy atom. The molecular formula is C20H25NO5. The summed E-state index contributed by atoms with van der Waals surface area (Å²) in [5.41, 5.74) is 0.711. The van der Waals surface area contributed by atoms with Crippen LogP contribution in [0.25, 0.3) is 0 Å². The van der Waals surface area contributed by atoms with E-state index in [1.54, 1.807) is 6.92 Å². The number of rotatable bonds is 4. The van der Waals surface area contributed by atoms with Crippen molar-refractivity contribution >= 4 is 17.8 Å². The summed E-state index contributed by atoms with van der Waals surface area (Å²) in [5.74, 6) is -0.133. The third kappa shape index (κ3) is 4.06. The van der Waals surface area contributed by atoms with Crippen LogP contribution < -0.4 is 0 Å². The van der Waals surface area contributed by atoms with Crippen LogP contribution in [0, 0.1) is 5.41 Å². The highest BCUT2D eigenvalue weighted by Crippen LogP contribution is 2.46. The van der Waals surface area contributed by atoms with Crippen molar-refractivity contribution in [1.82, 2.24) is 4.90 Å². The Hall–Kier alpha value is -2.37. The van der Waals surface area contributed by atoms with Gasteiger partial charge in [-0.15, -0.1) is 0 Å². The number of esters is 1. The number of amides is 1. The van der Waals surface area contributed by atoms with E-state index < -0.39 is 18.1 Å². The molecule has 1 atom stereocenters. The van der Waals surface area contributed by atoms with Crippen LogP contribution >= 0.6 is 0 Å². The molecule has 0 aromatic heterocycles. The molecule has 0 bridgehead atoms. The number of carbonyl (C=O) groups is 3. The van der Waals surface area contributed by atoms with Crippen molar-refractivity contribution in [2.24, 2.45) is 5.41 Å². The van der Waals surface area contributed by atoms with E-state index in [1.165, 1.54) is 4.90 Å². The maximum absolute atomic E-state index is 12.7. The summed E-state index contributed by atoms with van der Waals surface area (Å²) in [4.78, 5) is 38.1. The van der Waals surface area contributed by atoms with Crippen LogP contribution in [0.2, 0.25) is 0 Å². The minimum Gasteiger partial charge on any atom is -0.464 e. The van der Waals surface area contributed by atoms with E-state index >= 15 is 0 Å². The van der Waals surface area contributed by atoms with Gasteiger partial charge in [0.25, 0.3) is 0 Å². The van der Waals surface area contributed by atoms with Crippen LogP contribution in [0.5, 0.6) is 0 Å². The first-order valence-electron chi connectivity index (χ1n) is 9.19. The molecule has 1 aliphatic heterocycles. The van der Waals surface area contributed by atoms with E-state index in [4.69, 9.17) is 9.47 Å². The first-order chi connectivity index (χ1) is 12.5. The average Bonchev–Trinajstić information content (AvgIpc) is 3.03. The normalized spacial score (nSPS) is 21.7. The topological polar surface area (TPSA) is 72.9 Å².